The molecule has 8 nitrogen and oxygen atoms in total. The van der Waals surface area contributed by atoms with E-state index in [0.29, 0.717) is 26.1 Å². The smallest absolute Gasteiger partial charge is 0.332 e. The van der Waals surface area contributed by atoms with Crippen molar-refractivity contribution in [2.75, 3.05) is 19.6 Å². The number of benzene rings is 3. The Balaban J connectivity index is 1.42. The second-order valence-corrected chi connectivity index (χ2v) is 9.80. The van der Waals surface area contributed by atoms with Crippen LogP contribution in [0.1, 0.15) is 16.7 Å². The Morgan fingerprint density at radius 1 is 0.897 bits per heavy atom. The molecule has 5 rings (SSSR count). The minimum absolute atomic E-state index is 0.00894. The Hall–Kier alpha value is -4.43. The summed E-state index contributed by atoms with van der Waals surface area (Å²) in [6.07, 6.45) is 1.57. The zero-order valence-electron chi connectivity index (χ0n) is 21.9. The van der Waals surface area contributed by atoms with E-state index in [1.165, 1.54) is 5.01 Å². The molecule has 200 valence electrons. The van der Waals surface area contributed by atoms with Crippen molar-refractivity contribution in [2.24, 2.45) is 0 Å². The van der Waals surface area contributed by atoms with E-state index < -0.39 is 12.2 Å². The highest BCUT2D eigenvalue weighted by atomic mass is 16.2. The number of urea groups is 1. The fraction of sp³-hybridized carbons (Fsp3) is 0.258. The van der Waals surface area contributed by atoms with Crippen LogP contribution in [0.3, 0.4) is 0 Å². The van der Waals surface area contributed by atoms with E-state index >= 15 is 0 Å². The first-order valence-corrected chi connectivity index (χ1v) is 13.2. The molecule has 8 heteroatoms. The molecule has 2 fully saturated rings. The number of hydrazine groups is 1. The summed E-state index contributed by atoms with van der Waals surface area (Å²) < 4.78 is 0. The van der Waals surface area contributed by atoms with Gasteiger partial charge in [0.25, 0.3) is 0 Å². The molecule has 0 saturated carbocycles. The molecule has 0 aromatic heterocycles. The summed E-state index contributed by atoms with van der Waals surface area (Å²) in [5.41, 5.74) is 2.96. The first-order valence-electron chi connectivity index (χ1n) is 13.2. The molecule has 39 heavy (non-hydrogen) atoms. The number of amides is 4. The van der Waals surface area contributed by atoms with Crippen LogP contribution in [0, 0.1) is 0 Å². The van der Waals surface area contributed by atoms with Crippen molar-refractivity contribution in [1.82, 2.24) is 25.1 Å². The van der Waals surface area contributed by atoms with Gasteiger partial charge in [0.2, 0.25) is 11.8 Å². The minimum Gasteiger partial charge on any atom is -0.333 e. The first-order chi connectivity index (χ1) is 19.0. The van der Waals surface area contributed by atoms with Gasteiger partial charge < -0.3 is 15.1 Å². The maximum atomic E-state index is 13.8. The average molecular weight is 524 g/mol. The summed E-state index contributed by atoms with van der Waals surface area (Å²) in [6, 6.07) is 28.3. The van der Waals surface area contributed by atoms with Gasteiger partial charge in [0, 0.05) is 19.5 Å². The van der Waals surface area contributed by atoms with Gasteiger partial charge in [-0.25, -0.2) is 4.79 Å². The van der Waals surface area contributed by atoms with E-state index in [0.717, 1.165) is 16.7 Å². The topological polar surface area (TPSA) is 76.2 Å². The molecule has 0 unspecified atom stereocenters. The standard InChI is InChI=1S/C31H33N5O3/c1-2-18-34(31(39)32-20-25-14-8-4-9-15-25)35-23-29(37)36-27(19-24-12-6-3-7-13-24)30(38)33(22-28(35)36)21-26-16-10-5-11-17-26/h2-17,27-28H,1,18-23H2,(H,32,39)/t27-,28+/m0/s1. The molecule has 2 aliphatic rings. The number of hydrogen-bond acceptors (Lipinski definition) is 4. The minimum atomic E-state index is -0.662. The van der Waals surface area contributed by atoms with E-state index in [2.05, 4.69) is 11.9 Å². The quantitative estimate of drug-likeness (QED) is 0.436. The highest BCUT2D eigenvalue weighted by molar-refractivity contribution is 5.91. The van der Waals surface area contributed by atoms with Crippen LogP contribution in [0.2, 0.25) is 0 Å². The van der Waals surface area contributed by atoms with Gasteiger partial charge in [-0.1, -0.05) is 97.1 Å². The molecule has 2 atom stereocenters. The maximum absolute atomic E-state index is 13.8. The average Bonchev–Trinajstić information content (AvgIpc) is 3.29. The summed E-state index contributed by atoms with van der Waals surface area (Å²) in [5.74, 6) is -0.253. The number of rotatable bonds is 9. The molecule has 2 saturated heterocycles. The molecule has 3 aromatic carbocycles. The summed E-state index contributed by atoms with van der Waals surface area (Å²) in [4.78, 5) is 44.2. The van der Waals surface area contributed by atoms with Gasteiger partial charge in [-0.05, 0) is 16.7 Å². The number of hydrogen-bond donors (Lipinski definition) is 1. The number of carbonyl (C=O) groups excluding carboxylic acids is 3. The Morgan fingerprint density at radius 2 is 1.49 bits per heavy atom. The molecular formula is C31H33N5O3. The molecule has 0 aliphatic carbocycles. The van der Waals surface area contributed by atoms with Gasteiger partial charge in [-0.2, -0.15) is 5.01 Å². The molecule has 3 aromatic rings. The normalized spacial score (nSPS) is 19.1. The monoisotopic (exact) mass is 523 g/mol. The third kappa shape index (κ3) is 5.86. The molecular weight excluding hydrogens is 490 g/mol. The number of carbonyl (C=O) groups is 3. The second kappa shape index (κ2) is 12.0. The van der Waals surface area contributed by atoms with Gasteiger partial charge in [0.15, 0.2) is 0 Å². The Kier molecular flexibility index (Phi) is 8.03. The lowest BCUT2D eigenvalue weighted by molar-refractivity contribution is -0.157. The summed E-state index contributed by atoms with van der Waals surface area (Å²) in [5, 5.41) is 6.29. The van der Waals surface area contributed by atoms with Crippen LogP contribution >= 0.6 is 0 Å². The molecule has 0 radical (unpaired) electrons. The van der Waals surface area contributed by atoms with E-state index in [1.54, 1.807) is 16.0 Å². The van der Waals surface area contributed by atoms with Crippen LogP contribution in [0.15, 0.2) is 104 Å². The predicted molar refractivity (Wildman–Crippen MR) is 149 cm³/mol. The van der Waals surface area contributed by atoms with Crippen molar-refractivity contribution in [1.29, 1.82) is 0 Å². The molecule has 2 aliphatic heterocycles. The third-order valence-electron chi connectivity index (χ3n) is 7.19. The van der Waals surface area contributed by atoms with E-state index in [1.807, 2.05) is 95.9 Å². The van der Waals surface area contributed by atoms with E-state index in [-0.39, 0.29) is 30.9 Å². The largest absolute Gasteiger partial charge is 0.333 e. The van der Waals surface area contributed by atoms with Crippen molar-refractivity contribution in [3.8, 4) is 0 Å². The number of fused-ring (bicyclic) bond motifs is 1. The molecule has 0 spiro atoms. The van der Waals surface area contributed by atoms with Crippen molar-refractivity contribution in [3.05, 3.63) is 120 Å². The predicted octanol–water partition coefficient (Wildman–Crippen LogP) is 3.42. The highest BCUT2D eigenvalue weighted by Crippen LogP contribution is 2.30. The van der Waals surface area contributed by atoms with Crippen molar-refractivity contribution in [3.63, 3.8) is 0 Å². The summed E-state index contributed by atoms with van der Waals surface area (Å²) in [7, 11) is 0. The van der Waals surface area contributed by atoms with Crippen LogP contribution in [-0.4, -0.2) is 69.5 Å². The van der Waals surface area contributed by atoms with Crippen LogP contribution in [-0.2, 0) is 29.1 Å². The van der Waals surface area contributed by atoms with Gasteiger partial charge in [-0.3, -0.25) is 14.6 Å². The van der Waals surface area contributed by atoms with Crippen molar-refractivity contribution in [2.45, 2.75) is 31.7 Å². The molecule has 2 heterocycles. The summed E-state index contributed by atoms with van der Waals surface area (Å²) in [6.45, 7) is 5.16. The van der Waals surface area contributed by atoms with Crippen LogP contribution in [0.25, 0.3) is 0 Å². The third-order valence-corrected chi connectivity index (χ3v) is 7.19. The number of piperazine rings is 1. The zero-order valence-corrected chi connectivity index (χ0v) is 21.9. The summed E-state index contributed by atoms with van der Waals surface area (Å²) >= 11 is 0. The molecule has 4 amide bonds. The number of nitrogens with one attached hydrogen (secondary N) is 1. The fourth-order valence-corrected chi connectivity index (χ4v) is 5.32. The van der Waals surface area contributed by atoms with Crippen molar-refractivity contribution < 1.29 is 14.4 Å². The highest BCUT2D eigenvalue weighted by Gasteiger charge is 2.52. The first kappa shape index (κ1) is 26.2. The lowest BCUT2D eigenvalue weighted by atomic mass is 10.00. The van der Waals surface area contributed by atoms with Crippen LogP contribution < -0.4 is 5.32 Å². The molecule has 0 bridgehead atoms. The van der Waals surface area contributed by atoms with Crippen LogP contribution in [0.4, 0.5) is 4.79 Å². The van der Waals surface area contributed by atoms with Gasteiger partial charge in [-0.15, -0.1) is 6.58 Å². The Labute approximate surface area is 229 Å². The maximum Gasteiger partial charge on any atom is 0.332 e. The van der Waals surface area contributed by atoms with E-state index in [9.17, 15) is 14.4 Å². The Bertz CT molecular complexity index is 1300. The van der Waals surface area contributed by atoms with Crippen molar-refractivity contribution >= 4 is 17.8 Å². The van der Waals surface area contributed by atoms with Crippen LogP contribution in [0.5, 0.6) is 0 Å². The fourth-order valence-electron chi connectivity index (χ4n) is 5.32. The zero-order chi connectivity index (χ0) is 27.2. The van der Waals surface area contributed by atoms with E-state index in [4.69, 9.17) is 0 Å². The second-order valence-electron chi connectivity index (χ2n) is 9.80. The van der Waals surface area contributed by atoms with Gasteiger partial charge in [0.1, 0.15) is 12.2 Å². The lowest BCUT2D eigenvalue weighted by Gasteiger charge is -2.46. The van der Waals surface area contributed by atoms with Gasteiger partial charge in [0.05, 0.1) is 19.6 Å². The van der Waals surface area contributed by atoms with Gasteiger partial charge >= 0.3 is 6.03 Å². The number of nitrogens with zero attached hydrogens (tertiary/aromatic N) is 4. The SMILES string of the molecule is C=CCN(C(=O)NCc1ccccc1)N1CC(=O)N2[C@@H](Cc3ccccc3)C(=O)N(Cc3ccccc3)C[C@@H]21. The molecule has 1 N–H and O–H groups in total. The lowest BCUT2D eigenvalue weighted by Crippen LogP contribution is -2.66. The Morgan fingerprint density at radius 3 is 2.10 bits per heavy atom.